The summed E-state index contributed by atoms with van der Waals surface area (Å²) in [4.78, 5) is 2.42. The second kappa shape index (κ2) is 14.0. The lowest BCUT2D eigenvalue weighted by molar-refractivity contribution is 0.0480. The summed E-state index contributed by atoms with van der Waals surface area (Å²) in [7, 11) is 0. The highest BCUT2D eigenvalue weighted by atomic mass is 32.1. The molecule has 0 saturated heterocycles. The molecule has 0 radical (unpaired) electrons. The minimum absolute atomic E-state index is 0.111. The highest BCUT2D eigenvalue weighted by Gasteiger charge is 2.04. The number of ether oxygens (including phenoxy) is 2. The highest BCUT2D eigenvalue weighted by molar-refractivity contribution is 7.08. The summed E-state index contributed by atoms with van der Waals surface area (Å²) >= 11 is 1.71. The Morgan fingerprint density at radius 1 is 1.15 bits per heavy atom. The lowest BCUT2D eigenvalue weighted by atomic mass is 9.98. The molecule has 0 saturated carbocycles. The van der Waals surface area contributed by atoms with Crippen LogP contribution in [0.1, 0.15) is 46.1 Å². The van der Waals surface area contributed by atoms with Crippen LogP contribution in [0.3, 0.4) is 0 Å². The predicted octanol–water partition coefficient (Wildman–Crippen LogP) is 4.95. The van der Waals surface area contributed by atoms with Crippen molar-refractivity contribution in [2.24, 2.45) is 5.41 Å². The first-order valence-electron chi connectivity index (χ1n) is 9.58. The van der Waals surface area contributed by atoms with Crippen LogP contribution in [0.25, 0.3) is 6.08 Å². The predicted molar refractivity (Wildman–Crippen MR) is 114 cm³/mol. The Bertz CT molecular complexity index is 535. The lowest BCUT2D eigenvalue weighted by Gasteiger charge is -2.19. The third-order valence-corrected chi connectivity index (χ3v) is 4.38. The zero-order valence-electron chi connectivity index (χ0n) is 16.9. The number of rotatable bonds is 13. The average Bonchev–Trinajstić information content (AvgIpc) is 3.10. The second-order valence-electron chi connectivity index (χ2n) is 7.24. The van der Waals surface area contributed by atoms with Gasteiger partial charge in [0.05, 0.1) is 26.4 Å². The SMILES string of the molecule is CCN(CCCC#CC(C)(C)C)CCOCCOCC=Cc1ccsc1. The normalized spacial score (nSPS) is 11.9. The van der Waals surface area contributed by atoms with Gasteiger partial charge in [0.15, 0.2) is 0 Å². The first-order chi connectivity index (χ1) is 12.5. The van der Waals surface area contributed by atoms with Crippen LogP contribution in [0.4, 0.5) is 0 Å². The molecular weight excluding hydrogens is 342 g/mol. The van der Waals surface area contributed by atoms with E-state index in [4.69, 9.17) is 9.47 Å². The maximum atomic E-state index is 5.67. The molecule has 0 aliphatic carbocycles. The highest BCUT2D eigenvalue weighted by Crippen LogP contribution is 2.10. The van der Waals surface area contributed by atoms with Crippen LogP contribution < -0.4 is 0 Å². The van der Waals surface area contributed by atoms with Gasteiger partial charge in [-0.1, -0.05) is 25.0 Å². The van der Waals surface area contributed by atoms with E-state index in [1.165, 1.54) is 5.56 Å². The van der Waals surface area contributed by atoms with Gasteiger partial charge in [-0.05, 0) is 62.7 Å². The van der Waals surface area contributed by atoms with Crippen LogP contribution in [-0.4, -0.2) is 51.0 Å². The number of unbranched alkanes of at least 4 members (excludes halogenated alkanes) is 1. The molecule has 146 valence electrons. The molecule has 0 atom stereocenters. The first-order valence-corrected chi connectivity index (χ1v) is 10.5. The van der Waals surface area contributed by atoms with Gasteiger partial charge in [-0.15, -0.1) is 5.92 Å². The maximum absolute atomic E-state index is 5.67. The third kappa shape index (κ3) is 13.1. The molecule has 1 aromatic heterocycles. The molecule has 1 aromatic rings. The van der Waals surface area contributed by atoms with Crippen molar-refractivity contribution in [1.82, 2.24) is 4.90 Å². The summed E-state index contributed by atoms with van der Waals surface area (Å²) in [6.45, 7) is 14.5. The lowest BCUT2D eigenvalue weighted by Crippen LogP contribution is -2.28. The van der Waals surface area contributed by atoms with E-state index in [9.17, 15) is 0 Å². The van der Waals surface area contributed by atoms with Crippen LogP contribution in [0.15, 0.2) is 22.9 Å². The quantitative estimate of drug-likeness (QED) is 0.359. The first kappa shape index (κ1) is 22.9. The molecule has 3 nitrogen and oxygen atoms in total. The zero-order valence-corrected chi connectivity index (χ0v) is 17.7. The number of likely N-dealkylation sites (N-methyl/N-ethyl adjacent to an activating group) is 1. The second-order valence-corrected chi connectivity index (χ2v) is 8.02. The van der Waals surface area contributed by atoms with Crippen molar-refractivity contribution in [3.05, 3.63) is 28.5 Å². The summed E-state index contributed by atoms with van der Waals surface area (Å²) in [5, 5.41) is 4.20. The van der Waals surface area contributed by atoms with Crippen LogP contribution in [0, 0.1) is 17.3 Å². The summed E-state index contributed by atoms with van der Waals surface area (Å²) in [5.74, 6) is 6.58. The molecule has 4 heteroatoms. The molecular formula is C22H35NO2S. The van der Waals surface area contributed by atoms with Crippen LogP contribution >= 0.6 is 11.3 Å². The Kier molecular flexibility index (Phi) is 12.3. The standard InChI is InChI=1S/C22H35NO2S/c1-5-23(13-8-6-7-12-22(2,3)4)14-16-25-18-17-24-15-9-10-21-11-19-26-20-21/h9-11,19-20H,5-6,8,13-18H2,1-4H3. The van der Waals surface area contributed by atoms with Gasteiger partial charge in [-0.3, -0.25) is 0 Å². The smallest absolute Gasteiger partial charge is 0.0704 e. The van der Waals surface area contributed by atoms with Crippen molar-refractivity contribution < 1.29 is 9.47 Å². The van der Waals surface area contributed by atoms with E-state index in [0.29, 0.717) is 19.8 Å². The molecule has 1 heterocycles. The van der Waals surface area contributed by atoms with Gasteiger partial charge in [-0.25, -0.2) is 0 Å². The van der Waals surface area contributed by atoms with Gasteiger partial charge in [0.25, 0.3) is 0 Å². The van der Waals surface area contributed by atoms with Crippen LogP contribution in [-0.2, 0) is 9.47 Å². The molecule has 0 aromatic carbocycles. The van der Waals surface area contributed by atoms with Gasteiger partial charge in [0.1, 0.15) is 0 Å². The molecule has 0 unspecified atom stereocenters. The van der Waals surface area contributed by atoms with Gasteiger partial charge >= 0.3 is 0 Å². The van der Waals surface area contributed by atoms with Crippen molar-refractivity contribution in [2.75, 3.05) is 46.1 Å². The average molecular weight is 378 g/mol. The molecule has 26 heavy (non-hydrogen) atoms. The molecule has 0 N–H and O–H groups in total. The number of nitrogens with zero attached hydrogens (tertiary/aromatic N) is 1. The Labute approximate surface area is 164 Å². The number of hydrogen-bond acceptors (Lipinski definition) is 4. The Morgan fingerprint density at radius 2 is 1.96 bits per heavy atom. The topological polar surface area (TPSA) is 21.7 Å². The fourth-order valence-corrected chi connectivity index (χ4v) is 2.89. The van der Waals surface area contributed by atoms with E-state index in [1.54, 1.807) is 11.3 Å². The van der Waals surface area contributed by atoms with Crippen molar-refractivity contribution in [3.8, 4) is 11.8 Å². The Morgan fingerprint density at radius 3 is 2.65 bits per heavy atom. The maximum Gasteiger partial charge on any atom is 0.0704 e. The van der Waals surface area contributed by atoms with E-state index in [0.717, 1.165) is 39.1 Å². The summed E-state index contributed by atoms with van der Waals surface area (Å²) in [6, 6.07) is 2.10. The van der Waals surface area contributed by atoms with Gasteiger partial charge in [-0.2, -0.15) is 11.3 Å². The van der Waals surface area contributed by atoms with Crippen molar-refractivity contribution in [3.63, 3.8) is 0 Å². The minimum Gasteiger partial charge on any atom is -0.378 e. The molecule has 0 amide bonds. The van der Waals surface area contributed by atoms with Crippen molar-refractivity contribution >= 4 is 17.4 Å². The van der Waals surface area contributed by atoms with Crippen molar-refractivity contribution in [2.45, 2.75) is 40.5 Å². The van der Waals surface area contributed by atoms with Gasteiger partial charge in [0, 0.05) is 18.4 Å². The fraction of sp³-hybridized carbons (Fsp3) is 0.636. The molecule has 0 bridgehead atoms. The molecule has 0 spiro atoms. The molecule has 0 aliphatic rings. The molecule has 0 aliphatic heterocycles. The van der Waals surface area contributed by atoms with E-state index >= 15 is 0 Å². The number of thiophene rings is 1. The van der Waals surface area contributed by atoms with E-state index < -0.39 is 0 Å². The summed E-state index contributed by atoms with van der Waals surface area (Å²) < 4.78 is 11.2. The number of hydrogen-bond donors (Lipinski definition) is 0. The monoisotopic (exact) mass is 377 g/mol. The fourth-order valence-electron chi connectivity index (χ4n) is 2.27. The van der Waals surface area contributed by atoms with Crippen LogP contribution in [0.2, 0.25) is 0 Å². The van der Waals surface area contributed by atoms with E-state index in [2.05, 4.69) is 67.3 Å². The van der Waals surface area contributed by atoms with Gasteiger partial charge < -0.3 is 14.4 Å². The van der Waals surface area contributed by atoms with Crippen LogP contribution in [0.5, 0.6) is 0 Å². The minimum atomic E-state index is 0.111. The Hall–Kier alpha value is -1.12. The van der Waals surface area contributed by atoms with Gasteiger partial charge in [0.2, 0.25) is 0 Å². The third-order valence-electron chi connectivity index (χ3n) is 3.68. The van der Waals surface area contributed by atoms with Crippen molar-refractivity contribution in [1.29, 1.82) is 0 Å². The largest absolute Gasteiger partial charge is 0.378 e. The molecule has 0 fully saturated rings. The summed E-state index contributed by atoms with van der Waals surface area (Å²) in [5.41, 5.74) is 1.35. The van der Waals surface area contributed by atoms with E-state index in [1.807, 2.05) is 6.08 Å². The van der Waals surface area contributed by atoms with E-state index in [-0.39, 0.29) is 5.41 Å². The zero-order chi connectivity index (χ0) is 19.1. The Balaban J connectivity index is 1.96. The summed E-state index contributed by atoms with van der Waals surface area (Å²) in [6.07, 6.45) is 6.23. The molecule has 1 rings (SSSR count).